The average molecular weight is 279 g/mol. The minimum Gasteiger partial charge on any atom is -0.493 e. The van der Waals surface area contributed by atoms with Crippen LogP contribution in [0.25, 0.3) is 0 Å². The zero-order valence-electron chi connectivity index (χ0n) is 13.7. The Bertz CT molecular complexity index is 413. The van der Waals surface area contributed by atoms with Crippen molar-refractivity contribution in [3.05, 3.63) is 23.8 Å². The summed E-state index contributed by atoms with van der Waals surface area (Å²) >= 11 is 0. The van der Waals surface area contributed by atoms with Crippen LogP contribution in [-0.2, 0) is 6.54 Å². The van der Waals surface area contributed by atoms with Crippen molar-refractivity contribution in [2.24, 2.45) is 11.3 Å². The van der Waals surface area contributed by atoms with Gasteiger partial charge in [0.15, 0.2) is 11.5 Å². The molecule has 0 aliphatic carbocycles. The third-order valence-electron chi connectivity index (χ3n) is 4.00. The summed E-state index contributed by atoms with van der Waals surface area (Å²) in [6.45, 7) is 13.6. The van der Waals surface area contributed by atoms with Crippen molar-refractivity contribution in [1.29, 1.82) is 0 Å². The number of hydrogen-bond acceptors (Lipinski definition) is 3. The molecule has 0 heterocycles. The predicted molar refractivity (Wildman–Crippen MR) is 84.5 cm³/mol. The minimum absolute atomic E-state index is 0.301. The molecule has 0 fully saturated rings. The van der Waals surface area contributed by atoms with Crippen molar-refractivity contribution < 1.29 is 9.47 Å². The Morgan fingerprint density at radius 3 is 2.45 bits per heavy atom. The summed E-state index contributed by atoms with van der Waals surface area (Å²) in [4.78, 5) is 0. The van der Waals surface area contributed by atoms with Crippen molar-refractivity contribution >= 4 is 0 Å². The standard InChI is InChI=1S/C17H29NO2/c1-7-20-16-10-14(8-9-15(16)19-6)11-18-12-17(4,5)13(2)3/h8-10,13,18H,7,11-12H2,1-6H3. The molecule has 0 spiro atoms. The molecule has 114 valence electrons. The first-order valence-corrected chi connectivity index (χ1v) is 7.41. The van der Waals surface area contributed by atoms with Crippen LogP contribution in [0.15, 0.2) is 18.2 Å². The van der Waals surface area contributed by atoms with Gasteiger partial charge in [0, 0.05) is 13.1 Å². The lowest BCUT2D eigenvalue weighted by Gasteiger charge is -2.29. The van der Waals surface area contributed by atoms with Gasteiger partial charge in [0.2, 0.25) is 0 Å². The van der Waals surface area contributed by atoms with Crippen LogP contribution in [0.5, 0.6) is 11.5 Å². The molecule has 0 saturated heterocycles. The fraction of sp³-hybridized carbons (Fsp3) is 0.647. The highest BCUT2D eigenvalue weighted by molar-refractivity contribution is 5.42. The molecule has 0 unspecified atom stereocenters. The molecule has 1 aromatic carbocycles. The second-order valence-corrected chi connectivity index (χ2v) is 6.17. The Labute approximate surface area is 123 Å². The van der Waals surface area contributed by atoms with E-state index in [1.807, 2.05) is 13.0 Å². The topological polar surface area (TPSA) is 30.5 Å². The highest BCUT2D eigenvalue weighted by Gasteiger charge is 2.21. The van der Waals surface area contributed by atoms with Gasteiger partial charge in [-0.2, -0.15) is 0 Å². The SMILES string of the molecule is CCOc1cc(CNCC(C)(C)C(C)C)ccc1OC. The summed E-state index contributed by atoms with van der Waals surface area (Å²) in [5.41, 5.74) is 1.52. The van der Waals surface area contributed by atoms with Gasteiger partial charge in [0.25, 0.3) is 0 Å². The number of hydrogen-bond donors (Lipinski definition) is 1. The zero-order valence-corrected chi connectivity index (χ0v) is 13.7. The first kappa shape index (κ1) is 16.8. The van der Waals surface area contributed by atoms with Gasteiger partial charge in [-0.15, -0.1) is 0 Å². The molecule has 20 heavy (non-hydrogen) atoms. The summed E-state index contributed by atoms with van der Waals surface area (Å²) in [5.74, 6) is 2.26. The monoisotopic (exact) mass is 279 g/mol. The van der Waals surface area contributed by atoms with Crippen LogP contribution in [0.3, 0.4) is 0 Å². The van der Waals surface area contributed by atoms with Crippen LogP contribution < -0.4 is 14.8 Å². The van der Waals surface area contributed by atoms with Crippen molar-refractivity contribution in [2.75, 3.05) is 20.3 Å². The first-order valence-electron chi connectivity index (χ1n) is 7.41. The third kappa shape index (κ3) is 4.71. The Hall–Kier alpha value is -1.22. The number of nitrogens with one attached hydrogen (secondary N) is 1. The van der Waals surface area contributed by atoms with E-state index in [-0.39, 0.29) is 0 Å². The molecular formula is C17H29NO2. The second-order valence-electron chi connectivity index (χ2n) is 6.17. The van der Waals surface area contributed by atoms with Crippen molar-refractivity contribution in [1.82, 2.24) is 5.32 Å². The molecule has 1 aromatic rings. The number of rotatable bonds is 8. The van der Waals surface area contributed by atoms with Crippen molar-refractivity contribution in [2.45, 2.75) is 41.2 Å². The van der Waals surface area contributed by atoms with E-state index in [4.69, 9.17) is 9.47 Å². The fourth-order valence-corrected chi connectivity index (χ4v) is 1.83. The quantitative estimate of drug-likeness (QED) is 0.783. The fourth-order valence-electron chi connectivity index (χ4n) is 1.83. The van der Waals surface area contributed by atoms with Crippen LogP contribution in [0.1, 0.15) is 40.2 Å². The van der Waals surface area contributed by atoms with E-state index in [1.54, 1.807) is 7.11 Å². The summed E-state index contributed by atoms with van der Waals surface area (Å²) in [6.07, 6.45) is 0. The maximum atomic E-state index is 5.60. The Morgan fingerprint density at radius 2 is 1.90 bits per heavy atom. The lowest BCUT2D eigenvalue weighted by molar-refractivity contribution is 0.238. The van der Waals surface area contributed by atoms with E-state index in [0.717, 1.165) is 24.6 Å². The lowest BCUT2D eigenvalue weighted by Crippen LogP contribution is -2.33. The van der Waals surface area contributed by atoms with Crippen LogP contribution in [0.4, 0.5) is 0 Å². The van der Waals surface area contributed by atoms with Gasteiger partial charge in [-0.3, -0.25) is 0 Å². The van der Waals surface area contributed by atoms with E-state index in [1.165, 1.54) is 5.56 Å². The van der Waals surface area contributed by atoms with Gasteiger partial charge in [-0.1, -0.05) is 33.8 Å². The highest BCUT2D eigenvalue weighted by Crippen LogP contribution is 2.28. The normalized spacial score (nSPS) is 11.8. The molecule has 1 rings (SSSR count). The molecule has 0 aromatic heterocycles. The summed E-state index contributed by atoms with van der Waals surface area (Å²) in [5, 5.41) is 3.53. The van der Waals surface area contributed by atoms with Crippen LogP contribution in [-0.4, -0.2) is 20.3 Å². The summed E-state index contributed by atoms with van der Waals surface area (Å²) in [6, 6.07) is 6.10. The van der Waals surface area contributed by atoms with Gasteiger partial charge in [0.05, 0.1) is 13.7 Å². The average Bonchev–Trinajstić information content (AvgIpc) is 2.39. The maximum Gasteiger partial charge on any atom is 0.161 e. The number of methoxy groups -OCH3 is 1. The predicted octanol–water partition coefficient (Wildman–Crippen LogP) is 3.87. The molecule has 0 atom stereocenters. The Kier molecular flexibility index (Phi) is 6.34. The number of benzene rings is 1. The molecule has 0 aliphatic heterocycles. The summed E-state index contributed by atoms with van der Waals surface area (Å²) < 4.78 is 10.9. The van der Waals surface area contributed by atoms with Crippen molar-refractivity contribution in [3.8, 4) is 11.5 Å². The maximum absolute atomic E-state index is 5.60. The molecule has 3 heteroatoms. The van der Waals surface area contributed by atoms with Crippen LogP contribution in [0, 0.1) is 11.3 Å². The van der Waals surface area contributed by atoms with E-state index < -0.39 is 0 Å². The van der Waals surface area contributed by atoms with Crippen molar-refractivity contribution in [3.63, 3.8) is 0 Å². The van der Waals surface area contributed by atoms with Gasteiger partial charge in [0.1, 0.15) is 0 Å². The second kappa shape index (κ2) is 7.53. The van der Waals surface area contributed by atoms with Gasteiger partial charge in [-0.05, 0) is 36.0 Å². The molecular weight excluding hydrogens is 250 g/mol. The van der Waals surface area contributed by atoms with Crippen LogP contribution in [0.2, 0.25) is 0 Å². The van der Waals surface area contributed by atoms with Crippen LogP contribution >= 0.6 is 0 Å². The van der Waals surface area contributed by atoms with Gasteiger partial charge in [-0.25, -0.2) is 0 Å². The third-order valence-corrected chi connectivity index (χ3v) is 4.00. The molecule has 0 radical (unpaired) electrons. The van der Waals surface area contributed by atoms with Gasteiger partial charge < -0.3 is 14.8 Å². The number of ether oxygens (including phenoxy) is 2. The van der Waals surface area contributed by atoms with E-state index in [9.17, 15) is 0 Å². The summed E-state index contributed by atoms with van der Waals surface area (Å²) in [7, 11) is 1.67. The Balaban J connectivity index is 2.62. The lowest BCUT2D eigenvalue weighted by atomic mass is 9.81. The van der Waals surface area contributed by atoms with E-state index >= 15 is 0 Å². The Morgan fingerprint density at radius 1 is 1.20 bits per heavy atom. The van der Waals surface area contributed by atoms with Gasteiger partial charge >= 0.3 is 0 Å². The first-order chi connectivity index (χ1) is 9.40. The minimum atomic E-state index is 0.301. The van der Waals surface area contributed by atoms with E-state index in [0.29, 0.717) is 17.9 Å². The van der Waals surface area contributed by atoms with E-state index in [2.05, 4.69) is 45.1 Å². The molecule has 0 aliphatic rings. The molecule has 3 nitrogen and oxygen atoms in total. The molecule has 1 N–H and O–H groups in total. The zero-order chi connectivity index (χ0) is 15.2. The highest BCUT2D eigenvalue weighted by atomic mass is 16.5. The largest absolute Gasteiger partial charge is 0.493 e. The smallest absolute Gasteiger partial charge is 0.161 e. The molecule has 0 amide bonds. The molecule has 0 bridgehead atoms. The molecule has 0 saturated carbocycles.